The lowest BCUT2D eigenvalue weighted by molar-refractivity contribution is -0.385. The molecule has 0 radical (unpaired) electrons. The summed E-state index contributed by atoms with van der Waals surface area (Å²) >= 11 is 0. The Labute approximate surface area is 283 Å². The van der Waals surface area contributed by atoms with Crippen molar-refractivity contribution in [3.63, 3.8) is 0 Å². The number of carbonyl (C=O) groups excluding carboxylic acids is 5. The number of ether oxygens (including phenoxy) is 2. The average molecular weight is 685 g/mol. The van der Waals surface area contributed by atoms with Gasteiger partial charge in [0.05, 0.1) is 24.6 Å². The molecule has 5 rings (SSSR count). The number of allylic oxidation sites excluding steroid dienone is 1. The van der Waals surface area contributed by atoms with Crippen LogP contribution in [-0.4, -0.2) is 81.1 Å². The zero-order valence-electron chi connectivity index (χ0n) is 27.9. The van der Waals surface area contributed by atoms with Crippen molar-refractivity contribution in [3.05, 3.63) is 45.5 Å². The van der Waals surface area contributed by atoms with Gasteiger partial charge in [-0.2, -0.15) is 0 Å². The topological polar surface area (TPSA) is 220 Å². The van der Waals surface area contributed by atoms with Gasteiger partial charge in [-0.25, -0.2) is 4.79 Å². The highest BCUT2D eigenvalue weighted by atomic mass is 16.6. The number of aliphatic hydroxyl groups is 2. The van der Waals surface area contributed by atoms with Crippen LogP contribution >= 0.6 is 0 Å². The number of nitro benzene ring substituents is 1. The molecule has 4 aliphatic rings. The SMILES string of the molecule is COC(=O)[C@H](Cc1ccc(O)c([N+](=O)[O-])c1)NC(=O)CCC(=O)OCC(=O)[C@@]1(O)CC[C@@H]2[C@@H]3CCC4=CC(=O)CC[C@]4(C)[C@H]3[C@@H](O)C[C@@]21C. The molecule has 8 atom stereocenters. The van der Waals surface area contributed by atoms with E-state index in [0.29, 0.717) is 19.3 Å². The second-order valence-electron chi connectivity index (χ2n) is 14.5. The maximum absolute atomic E-state index is 13.5. The van der Waals surface area contributed by atoms with Crippen LogP contribution in [0.3, 0.4) is 0 Å². The highest BCUT2D eigenvalue weighted by Crippen LogP contribution is 2.67. The molecule has 0 aromatic heterocycles. The summed E-state index contributed by atoms with van der Waals surface area (Å²) < 4.78 is 9.92. The van der Waals surface area contributed by atoms with Gasteiger partial charge in [-0.15, -0.1) is 0 Å². The molecule has 0 saturated heterocycles. The molecule has 0 unspecified atom stereocenters. The summed E-state index contributed by atoms with van der Waals surface area (Å²) in [6.45, 7) is 3.25. The van der Waals surface area contributed by atoms with Crippen LogP contribution in [0.2, 0.25) is 0 Å². The molecule has 4 N–H and O–H groups in total. The van der Waals surface area contributed by atoms with Gasteiger partial charge in [0, 0.05) is 30.7 Å². The van der Waals surface area contributed by atoms with Crippen LogP contribution in [0.4, 0.5) is 5.69 Å². The predicted molar refractivity (Wildman–Crippen MR) is 171 cm³/mol. The Morgan fingerprint density at radius 2 is 1.86 bits per heavy atom. The third kappa shape index (κ3) is 6.60. The van der Waals surface area contributed by atoms with Gasteiger partial charge in [-0.1, -0.05) is 25.5 Å². The number of nitro groups is 1. The molecule has 0 spiro atoms. The minimum atomic E-state index is -1.82. The molecular weight excluding hydrogens is 640 g/mol. The maximum atomic E-state index is 13.5. The summed E-state index contributed by atoms with van der Waals surface area (Å²) in [5.74, 6) is -3.60. The summed E-state index contributed by atoms with van der Waals surface area (Å²) in [6, 6.07) is 2.28. The van der Waals surface area contributed by atoms with Crippen molar-refractivity contribution in [1.29, 1.82) is 0 Å². The van der Waals surface area contributed by atoms with Crippen molar-refractivity contribution < 1.29 is 53.7 Å². The minimum absolute atomic E-state index is 0.0410. The van der Waals surface area contributed by atoms with Crippen molar-refractivity contribution in [2.45, 2.75) is 95.8 Å². The lowest BCUT2D eigenvalue weighted by Crippen LogP contribution is -2.62. The van der Waals surface area contributed by atoms with E-state index in [1.807, 2.05) is 6.92 Å². The molecule has 1 amide bonds. The zero-order valence-corrected chi connectivity index (χ0v) is 27.9. The molecule has 0 aliphatic heterocycles. The number of hydrogen-bond donors (Lipinski definition) is 4. The van der Waals surface area contributed by atoms with Crippen LogP contribution in [0.25, 0.3) is 0 Å². The van der Waals surface area contributed by atoms with E-state index in [9.17, 15) is 49.4 Å². The normalized spacial score (nSPS) is 32.4. The van der Waals surface area contributed by atoms with E-state index in [0.717, 1.165) is 37.7 Å². The van der Waals surface area contributed by atoms with Crippen molar-refractivity contribution in [1.82, 2.24) is 5.32 Å². The van der Waals surface area contributed by atoms with Gasteiger partial charge in [-0.3, -0.25) is 29.3 Å². The van der Waals surface area contributed by atoms with Gasteiger partial charge in [0.15, 0.2) is 18.1 Å². The molecule has 0 bridgehead atoms. The number of phenols is 1. The van der Waals surface area contributed by atoms with Gasteiger partial charge in [0.1, 0.15) is 11.6 Å². The van der Waals surface area contributed by atoms with Crippen LogP contribution in [0.15, 0.2) is 29.8 Å². The first-order chi connectivity index (χ1) is 23.0. The van der Waals surface area contributed by atoms with Crippen LogP contribution < -0.4 is 5.32 Å². The lowest BCUT2D eigenvalue weighted by Gasteiger charge is -2.60. The number of phenolic OH excluding ortho intramolecular Hbond substituents is 1. The number of aromatic hydroxyl groups is 1. The Kier molecular flexibility index (Phi) is 10.0. The fourth-order valence-corrected chi connectivity index (χ4v) is 9.38. The molecule has 49 heavy (non-hydrogen) atoms. The molecule has 14 heteroatoms. The van der Waals surface area contributed by atoms with E-state index in [1.54, 1.807) is 6.08 Å². The summed E-state index contributed by atoms with van der Waals surface area (Å²) in [6.07, 6.45) is 3.47. The first-order valence-electron chi connectivity index (χ1n) is 16.7. The number of ketones is 2. The zero-order chi connectivity index (χ0) is 35.9. The van der Waals surface area contributed by atoms with Crippen molar-refractivity contribution >= 4 is 35.1 Å². The molecular formula is C35H44N2O12. The van der Waals surface area contributed by atoms with Crippen molar-refractivity contribution in [2.24, 2.45) is 28.6 Å². The third-order valence-corrected chi connectivity index (χ3v) is 11.9. The van der Waals surface area contributed by atoms with E-state index in [-0.39, 0.29) is 53.8 Å². The molecule has 3 fully saturated rings. The average Bonchev–Trinajstić information content (AvgIpc) is 3.33. The Balaban J connectivity index is 1.16. The number of esters is 2. The fraction of sp³-hybridized carbons (Fsp3) is 0.629. The largest absolute Gasteiger partial charge is 0.502 e. The van der Waals surface area contributed by atoms with Gasteiger partial charge < -0.3 is 30.1 Å². The molecule has 1 aromatic rings. The number of carbonyl (C=O) groups is 5. The van der Waals surface area contributed by atoms with Crippen LogP contribution in [-0.2, 0) is 39.9 Å². The predicted octanol–water partition coefficient (Wildman–Crippen LogP) is 2.63. The Morgan fingerprint density at radius 1 is 1.12 bits per heavy atom. The summed E-state index contributed by atoms with van der Waals surface area (Å²) in [4.78, 5) is 73.6. The summed E-state index contributed by atoms with van der Waals surface area (Å²) in [5, 5.41) is 46.7. The van der Waals surface area contributed by atoms with E-state index in [2.05, 4.69) is 12.2 Å². The van der Waals surface area contributed by atoms with Gasteiger partial charge >= 0.3 is 17.6 Å². The minimum Gasteiger partial charge on any atom is -0.502 e. The monoisotopic (exact) mass is 684 g/mol. The summed E-state index contributed by atoms with van der Waals surface area (Å²) in [5.41, 5.74) is -2.30. The summed E-state index contributed by atoms with van der Waals surface area (Å²) in [7, 11) is 1.10. The third-order valence-electron chi connectivity index (χ3n) is 11.9. The number of hydrogen-bond acceptors (Lipinski definition) is 12. The first-order valence-corrected chi connectivity index (χ1v) is 16.7. The smallest absolute Gasteiger partial charge is 0.328 e. The standard InChI is InChI=1S/C35H44N2O12/c1-33-12-10-21(38)16-20(33)5-6-22-23-11-13-35(45,34(23,2)17-27(40)31(22)33)28(41)18-49-30(43)9-8-29(42)36-24(32(44)48-3)14-19-4-7-26(39)25(15-19)37(46)47/h4,7,15-16,22-24,27,31,39-40,45H,5-6,8-14,17-18H2,1-3H3,(H,36,42)/t22-,23+,24-,27-,31+,33-,34-,35-/m0/s1. The molecule has 14 nitrogen and oxygen atoms in total. The Hall–Kier alpha value is -4.17. The van der Waals surface area contributed by atoms with Crippen LogP contribution in [0, 0.1) is 38.7 Å². The Bertz CT molecular complexity index is 1590. The highest BCUT2D eigenvalue weighted by Gasteiger charge is 2.68. The number of methoxy groups -OCH3 is 1. The first kappa shape index (κ1) is 36.1. The van der Waals surface area contributed by atoms with E-state index in [1.165, 1.54) is 6.07 Å². The number of amides is 1. The van der Waals surface area contributed by atoms with E-state index in [4.69, 9.17) is 9.47 Å². The van der Waals surface area contributed by atoms with Gasteiger partial charge in [0.25, 0.3) is 0 Å². The molecule has 266 valence electrons. The molecule has 3 saturated carbocycles. The van der Waals surface area contributed by atoms with Crippen molar-refractivity contribution in [3.8, 4) is 5.75 Å². The van der Waals surface area contributed by atoms with Gasteiger partial charge in [0.2, 0.25) is 11.7 Å². The quantitative estimate of drug-likeness (QED) is 0.150. The second kappa shape index (κ2) is 13.6. The number of Topliss-reactive ketones (excluding diaryl/α,β-unsaturated/α-hetero) is 1. The number of benzene rings is 1. The molecule has 1 aromatic carbocycles. The Morgan fingerprint density at radius 3 is 2.55 bits per heavy atom. The second-order valence-corrected chi connectivity index (χ2v) is 14.5. The van der Waals surface area contributed by atoms with Crippen molar-refractivity contribution in [2.75, 3.05) is 13.7 Å². The van der Waals surface area contributed by atoms with Crippen LogP contribution in [0.5, 0.6) is 5.75 Å². The van der Waals surface area contributed by atoms with E-state index >= 15 is 0 Å². The number of nitrogens with zero attached hydrogens (tertiary/aromatic N) is 1. The highest BCUT2D eigenvalue weighted by molar-refractivity contribution is 5.92. The van der Waals surface area contributed by atoms with E-state index < -0.39 is 82.6 Å². The maximum Gasteiger partial charge on any atom is 0.328 e. The number of rotatable bonds is 11. The number of nitrogens with one attached hydrogen (secondary N) is 1. The lowest BCUT2D eigenvalue weighted by atomic mass is 9.45. The molecule has 0 heterocycles. The number of aliphatic hydroxyl groups excluding tert-OH is 1. The fourth-order valence-electron chi connectivity index (χ4n) is 9.38. The number of fused-ring (bicyclic) bond motifs is 5. The van der Waals surface area contributed by atoms with Gasteiger partial charge in [-0.05, 0) is 79.4 Å². The molecule has 4 aliphatic carbocycles. The van der Waals surface area contributed by atoms with Crippen LogP contribution in [0.1, 0.15) is 77.2 Å².